The van der Waals surface area contributed by atoms with Crippen LogP contribution in [0.2, 0.25) is 0 Å². The fourth-order valence-corrected chi connectivity index (χ4v) is 2.75. The first-order valence-electron chi connectivity index (χ1n) is 5.89. The minimum absolute atomic E-state index is 0.349. The van der Waals surface area contributed by atoms with Gasteiger partial charge < -0.3 is 5.73 Å². The van der Waals surface area contributed by atoms with Crippen LogP contribution >= 0.6 is 27.7 Å². The van der Waals surface area contributed by atoms with Gasteiger partial charge in [-0.15, -0.1) is 0 Å². The van der Waals surface area contributed by atoms with Gasteiger partial charge in [0, 0.05) is 5.25 Å². The molecule has 0 aromatic carbocycles. The average molecular weight is 318 g/mol. The predicted octanol–water partition coefficient (Wildman–Crippen LogP) is 3.98. The van der Waals surface area contributed by atoms with Crippen molar-refractivity contribution in [3.8, 4) is 0 Å². The Kier molecular flexibility index (Phi) is 5.73. The number of aromatic nitrogens is 2. The number of nitrogen functional groups attached to an aromatic ring is 1. The lowest BCUT2D eigenvalue weighted by Gasteiger charge is -2.12. The van der Waals surface area contributed by atoms with Crippen LogP contribution in [-0.4, -0.2) is 15.2 Å². The van der Waals surface area contributed by atoms with Crippen molar-refractivity contribution in [3.63, 3.8) is 0 Å². The second-order valence-electron chi connectivity index (χ2n) is 4.41. The number of hydrogen-bond acceptors (Lipinski definition) is 4. The third kappa shape index (κ3) is 4.14. The van der Waals surface area contributed by atoms with Gasteiger partial charge in [-0.05, 0) is 28.3 Å². The summed E-state index contributed by atoms with van der Waals surface area (Å²) in [7, 11) is 0. The van der Waals surface area contributed by atoms with Crippen LogP contribution < -0.4 is 5.73 Å². The quantitative estimate of drug-likeness (QED) is 0.892. The number of halogens is 1. The van der Waals surface area contributed by atoms with Crippen molar-refractivity contribution >= 4 is 33.5 Å². The Hall–Kier alpha value is -0.290. The summed E-state index contributed by atoms with van der Waals surface area (Å²) >= 11 is 5.32. The molecule has 1 atom stereocenters. The summed E-state index contributed by atoms with van der Waals surface area (Å²) in [5, 5.41) is 0.631. The fraction of sp³-hybridized carbons (Fsp3) is 0.667. The van der Waals surface area contributed by atoms with Crippen LogP contribution in [0.4, 0.5) is 5.82 Å². The molecule has 0 aliphatic rings. The van der Waals surface area contributed by atoms with Gasteiger partial charge in [-0.3, -0.25) is 0 Å². The molecule has 0 amide bonds. The van der Waals surface area contributed by atoms with E-state index >= 15 is 0 Å². The number of anilines is 1. The average Bonchev–Trinajstić information content (AvgIpc) is 2.29. The lowest BCUT2D eigenvalue weighted by Crippen LogP contribution is -2.07. The molecule has 1 heterocycles. The van der Waals surface area contributed by atoms with Crippen LogP contribution in [0.5, 0.6) is 0 Å². The van der Waals surface area contributed by atoms with Crippen LogP contribution in [0.15, 0.2) is 4.47 Å². The molecule has 0 saturated heterocycles. The van der Waals surface area contributed by atoms with Crippen LogP contribution in [0.25, 0.3) is 0 Å². The highest BCUT2D eigenvalue weighted by Crippen LogP contribution is 2.28. The minimum atomic E-state index is 0.349. The van der Waals surface area contributed by atoms with Crippen molar-refractivity contribution in [2.24, 2.45) is 0 Å². The minimum Gasteiger partial charge on any atom is -0.383 e. The number of rotatable bonds is 5. The van der Waals surface area contributed by atoms with Crippen molar-refractivity contribution in [2.75, 3.05) is 5.73 Å². The molecule has 3 nitrogen and oxygen atoms in total. The Morgan fingerprint density at radius 1 is 1.29 bits per heavy atom. The second kappa shape index (κ2) is 6.59. The Balaban J connectivity index is 2.87. The summed E-state index contributed by atoms with van der Waals surface area (Å²) in [6, 6.07) is 0. The van der Waals surface area contributed by atoms with Gasteiger partial charge in [0.25, 0.3) is 0 Å². The molecule has 2 N–H and O–H groups in total. The molecule has 0 spiro atoms. The smallest absolute Gasteiger partial charge is 0.141 e. The molecule has 5 heteroatoms. The highest BCUT2D eigenvalue weighted by Gasteiger charge is 2.13. The number of thioether (sulfide) groups is 1. The van der Waals surface area contributed by atoms with E-state index in [4.69, 9.17) is 5.73 Å². The van der Waals surface area contributed by atoms with Crippen LogP contribution in [-0.2, 0) is 5.75 Å². The largest absolute Gasteiger partial charge is 0.383 e. The van der Waals surface area contributed by atoms with Crippen molar-refractivity contribution in [1.82, 2.24) is 9.97 Å². The molecule has 17 heavy (non-hydrogen) atoms. The molecular formula is C12H20BrN3S. The van der Waals surface area contributed by atoms with Gasteiger partial charge in [-0.2, -0.15) is 11.8 Å². The van der Waals surface area contributed by atoms with Crippen molar-refractivity contribution in [3.05, 3.63) is 16.0 Å². The van der Waals surface area contributed by atoms with E-state index in [9.17, 15) is 0 Å². The zero-order valence-electron chi connectivity index (χ0n) is 10.8. The van der Waals surface area contributed by atoms with Gasteiger partial charge in [-0.25, -0.2) is 9.97 Å². The first-order chi connectivity index (χ1) is 7.95. The molecular weight excluding hydrogens is 298 g/mol. The summed E-state index contributed by atoms with van der Waals surface area (Å²) in [4.78, 5) is 8.90. The van der Waals surface area contributed by atoms with E-state index < -0.39 is 0 Å². The van der Waals surface area contributed by atoms with E-state index in [0.29, 0.717) is 17.0 Å². The molecule has 0 saturated carbocycles. The van der Waals surface area contributed by atoms with Gasteiger partial charge in [0.15, 0.2) is 0 Å². The zero-order chi connectivity index (χ0) is 13.0. The molecule has 0 aliphatic heterocycles. The Labute approximate surface area is 116 Å². The van der Waals surface area contributed by atoms with Crippen molar-refractivity contribution < 1.29 is 0 Å². The first kappa shape index (κ1) is 14.8. The van der Waals surface area contributed by atoms with Gasteiger partial charge in [0.05, 0.1) is 15.9 Å². The van der Waals surface area contributed by atoms with E-state index in [2.05, 4.69) is 53.6 Å². The number of nitrogens with two attached hydrogens (primary N) is 1. The monoisotopic (exact) mass is 317 g/mol. The molecule has 96 valence electrons. The highest BCUT2D eigenvalue weighted by molar-refractivity contribution is 9.10. The third-order valence-electron chi connectivity index (χ3n) is 2.57. The molecule has 1 rings (SSSR count). The highest BCUT2D eigenvalue weighted by atomic mass is 79.9. The Morgan fingerprint density at radius 2 is 1.94 bits per heavy atom. The number of hydrogen-bond donors (Lipinski definition) is 1. The normalized spacial score (nSPS) is 13.1. The molecule has 0 fully saturated rings. The molecule has 1 unspecified atom stereocenters. The Bertz CT molecular complexity index is 382. The summed E-state index contributed by atoms with van der Waals surface area (Å²) in [6.45, 7) is 8.63. The van der Waals surface area contributed by atoms with Crippen LogP contribution in [0.1, 0.15) is 51.6 Å². The summed E-state index contributed by atoms with van der Waals surface area (Å²) < 4.78 is 0.838. The van der Waals surface area contributed by atoms with E-state index in [1.165, 1.54) is 0 Å². The maximum atomic E-state index is 5.89. The van der Waals surface area contributed by atoms with E-state index in [0.717, 1.165) is 28.2 Å². The maximum absolute atomic E-state index is 5.89. The SMILES string of the molecule is CCC(C)SCc1nc(N)c(Br)c(C(C)C)n1. The van der Waals surface area contributed by atoms with E-state index in [1.54, 1.807) is 0 Å². The van der Waals surface area contributed by atoms with E-state index in [1.807, 2.05) is 11.8 Å². The van der Waals surface area contributed by atoms with Gasteiger partial charge >= 0.3 is 0 Å². The van der Waals surface area contributed by atoms with Gasteiger partial charge in [0.1, 0.15) is 11.6 Å². The lowest BCUT2D eigenvalue weighted by atomic mass is 10.1. The van der Waals surface area contributed by atoms with Crippen LogP contribution in [0.3, 0.4) is 0 Å². The van der Waals surface area contributed by atoms with Gasteiger partial charge in [0.2, 0.25) is 0 Å². The lowest BCUT2D eigenvalue weighted by molar-refractivity contribution is 0.793. The first-order valence-corrected chi connectivity index (χ1v) is 7.73. The third-order valence-corrected chi connectivity index (χ3v) is 4.71. The topological polar surface area (TPSA) is 51.8 Å². The zero-order valence-corrected chi connectivity index (χ0v) is 13.2. The van der Waals surface area contributed by atoms with Gasteiger partial charge in [-0.1, -0.05) is 27.7 Å². The molecule has 0 bridgehead atoms. The number of nitrogens with zero attached hydrogens (tertiary/aromatic N) is 2. The predicted molar refractivity (Wildman–Crippen MR) is 79.3 cm³/mol. The summed E-state index contributed by atoms with van der Waals surface area (Å²) in [5.41, 5.74) is 6.89. The standard InChI is InChI=1S/C12H20BrN3S/c1-5-8(4)17-6-9-15-11(7(2)3)10(13)12(14)16-9/h7-8H,5-6H2,1-4H3,(H2,14,15,16). The van der Waals surface area contributed by atoms with E-state index in [-0.39, 0.29) is 0 Å². The fourth-order valence-electron chi connectivity index (χ4n) is 1.31. The van der Waals surface area contributed by atoms with Crippen molar-refractivity contribution in [2.45, 2.75) is 51.0 Å². The van der Waals surface area contributed by atoms with Crippen molar-refractivity contribution in [1.29, 1.82) is 0 Å². The summed E-state index contributed by atoms with van der Waals surface area (Å²) in [6.07, 6.45) is 1.16. The van der Waals surface area contributed by atoms with Crippen LogP contribution in [0, 0.1) is 0 Å². The summed E-state index contributed by atoms with van der Waals surface area (Å²) in [5.74, 6) is 2.55. The Morgan fingerprint density at radius 3 is 2.47 bits per heavy atom. The molecule has 1 aromatic heterocycles. The molecule has 1 aromatic rings. The second-order valence-corrected chi connectivity index (χ2v) is 6.63. The molecule has 0 aliphatic carbocycles. The molecule has 0 radical (unpaired) electrons. The maximum Gasteiger partial charge on any atom is 0.141 e.